The Hall–Kier alpha value is -3.28. The summed E-state index contributed by atoms with van der Waals surface area (Å²) >= 11 is 0. The molecule has 0 aromatic heterocycles. The topological polar surface area (TPSA) is 76.7 Å². The molecule has 3 rings (SSSR count). The highest BCUT2D eigenvalue weighted by molar-refractivity contribution is 6.04. The second-order valence-electron chi connectivity index (χ2n) is 6.86. The van der Waals surface area contributed by atoms with Gasteiger partial charge in [-0.25, -0.2) is 9.59 Å². The van der Waals surface area contributed by atoms with Crippen LogP contribution in [0.1, 0.15) is 36.6 Å². The molecule has 1 heterocycles. The van der Waals surface area contributed by atoms with Gasteiger partial charge in [0.2, 0.25) is 0 Å². The molecular formula is C22H24N2O4. The minimum Gasteiger partial charge on any atom is -0.497 e. The number of nitrogens with one attached hydrogen (secondary N) is 2. The first-order valence-electron chi connectivity index (χ1n) is 9.13. The number of aryl methyl sites for hydroxylation is 1. The first-order valence-corrected chi connectivity index (χ1v) is 9.13. The van der Waals surface area contributed by atoms with Gasteiger partial charge >= 0.3 is 12.0 Å². The number of hydrogen-bond donors (Lipinski definition) is 2. The first kappa shape index (κ1) is 19.5. The minimum absolute atomic E-state index is 0.285. The zero-order chi connectivity index (χ0) is 20.3. The molecule has 0 aliphatic carbocycles. The Kier molecular flexibility index (Phi) is 5.68. The van der Waals surface area contributed by atoms with Crippen LogP contribution in [-0.4, -0.2) is 25.2 Å². The van der Waals surface area contributed by atoms with Crippen molar-refractivity contribution >= 4 is 17.7 Å². The summed E-state index contributed by atoms with van der Waals surface area (Å²) in [5.41, 5.74) is 3.32. The third kappa shape index (κ3) is 4.01. The van der Waals surface area contributed by atoms with E-state index in [4.69, 9.17) is 9.47 Å². The molecule has 2 aromatic carbocycles. The zero-order valence-electron chi connectivity index (χ0n) is 16.4. The fourth-order valence-electron chi connectivity index (χ4n) is 3.19. The molecule has 1 unspecified atom stereocenters. The van der Waals surface area contributed by atoms with Gasteiger partial charge in [0.25, 0.3) is 0 Å². The number of benzene rings is 2. The first-order chi connectivity index (χ1) is 13.4. The van der Waals surface area contributed by atoms with Gasteiger partial charge in [0.1, 0.15) is 5.75 Å². The maximum atomic E-state index is 13.0. The van der Waals surface area contributed by atoms with Gasteiger partial charge in [-0.2, -0.15) is 0 Å². The fraction of sp³-hybridized carbons (Fsp3) is 0.273. The molecule has 0 radical (unpaired) electrons. The molecule has 1 aliphatic heterocycles. The van der Waals surface area contributed by atoms with Crippen LogP contribution in [0.5, 0.6) is 5.75 Å². The van der Waals surface area contributed by atoms with Crippen molar-refractivity contribution in [2.45, 2.75) is 32.9 Å². The smallest absolute Gasteiger partial charge is 0.338 e. The minimum atomic E-state index is -0.613. The maximum Gasteiger partial charge on any atom is 0.338 e. The van der Waals surface area contributed by atoms with E-state index in [1.165, 1.54) is 0 Å². The second-order valence-corrected chi connectivity index (χ2v) is 6.86. The summed E-state index contributed by atoms with van der Waals surface area (Å²) in [5.74, 6) is 0.216. The molecule has 146 valence electrons. The Morgan fingerprint density at radius 3 is 2.36 bits per heavy atom. The summed E-state index contributed by atoms with van der Waals surface area (Å²) < 4.78 is 10.7. The molecule has 1 atom stereocenters. The molecule has 0 fully saturated rings. The van der Waals surface area contributed by atoms with E-state index in [0.717, 1.165) is 11.1 Å². The van der Waals surface area contributed by atoms with Crippen molar-refractivity contribution in [3.05, 3.63) is 70.8 Å². The van der Waals surface area contributed by atoms with Gasteiger partial charge in [-0.15, -0.1) is 0 Å². The van der Waals surface area contributed by atoms with Gasteiger partial charge in [0, 0.05) is 0 Å². The van der Waals surface area contributed by atoms with E-state index >= 15 is 0 Å². The number of ether oxygens (including phenoxy) is 2. The average Bonchev–Trinajstić information content (AvgIpc) is 2.67. The third-order valence-corrected chi connectivity index (χ3v) is 4.51. The molecule has 2 N–H and O–H groups in total. The van der Waals surface area contributed by atoms with Gasteiger partial charge in [-0.05, 0) is 61.7 Å². The number of methoxy groups -OCH3 is 1. The highest BCUT2D eigenvalue weighted by Gasteiger charge is 2.35. The zero-order valence-corrected chi connectivity index (χ0v) is 16.4. The van der Waals surface area contributed by atoms with Crippen molar-refractivity contribution in [3.63, 3.8) is 0 Å². The van der Waals surface area contributed by atoms with Gasteiger partial charge < -0.3 is 20.1 Å². The summed E-state index contributed by atoms with van der Waals surface area (Å²) in [4.78, 5) is 25.4. The lowest BCUT2D eigenvalue weighted by molar-refractivity contribution is -0.143. The van der Waals surface area contributed by atoms with Crippen LogP contribution in [0.3, 0.4) is 0 Å². The Bertz CT molecular complexity index is 916. The normalized spacial score (nSPS) is 16.5. The number of hydrogen-bond acceptors (Lipinski definition) is 4. The van der Waals surface area contributed by atoms with E-state index in [9.17, 15) is 9.59 Å². The predicted molar refractivity (Wildman–Crippen MR) is 107 cm³/mol. The number of carbonyl (C=O) groups excluding carboxylic acids is 2. The van der Waals surface area contributed by atoms with Crippen LogP contribution in [-0.2, 0) is 9.53 Å². The van der Waals surface area contributed by atoms with E-state index in [1.54, 1.807) is 45.2 Å². The van der Waals surface area contributed by atoms with E-state index in [2.05, 4.69) is 10.6 Å². The number of carbonyl (C=O) groups is 2. The monoisotopic (exact) mass is 380 g/mol. The standard InChI is InChI=1S/C22H24N2O4/c1-13(2)28-21(25)18-19(15-9-11-16(27-4)12-10-15)23-22(26)24-20(18)17-8-6-5-7-14(17)3/h5-13,20H,1-4H3,(H2,23,24,26). The van der Waals surface area contributed by atoms with Gasteiger partial charge in [-0.1, -0.05) is 24.3 Å². The maximum absolute atomic E-state index is 13.0. The fourth-order valence-corrected chi connectivity index (χ4v) is 3.19. The summed E-state index contributed by atoms with van der Waals surface area (Å²) in [6.45, 7) is 5.54. The lowest BCUT2D eigenvalue weighted by Gasteiger charge is -2.30. The molecule has 0 spiro atoms. The van der Waals surface area contributed by atoms with Crippen LogP contribution in [0.25, 0.3) is 5.70 Å². The van der Waals surface area contributed by atoms with E-state index in [0.29, 0.717) is 22.6 Å². The summed E-state index contributed by atoms with van der Waals surface area (Å²) in [5, 5.41) is 5.65. The highest BCUT2D eigenvalue weighted by atomic mass is 16.5. The third-order valence-electron chi connectivity index (χ3n) is 4.51. The lowest BCUT2D eigenvalue weighted by Crippen LogP contribution is -2.45. The van der Waals surface area contributed by atoms with Crippen LogP contribution in [0.15, 0.2) is 54.1 Å². The van der Waals surface area contributed by atoms with Gasteiger partial charge in [-0.3, -0.25) is 0 Å². The molecule has 6 nitrogen and oxygen atoms in total. The lowest BCUT2D eigenvalue weighted by atomic mass is 9.90. The number of amides is 2. The van der Waals surface area contributed by atoms with E-state index in [1.807, 2.05) is 31.2 Å². The van der Waals surface area contributed by atoms with E-state index < -0.39 is 12.0 Å². The molecule has 1 aliphatic rings. The van der Waals surface area contributed by atoms with Crippen LogP contribution in [0, 0.1) is 6.92 Å². The molecule has 0 saturated heterocycles. The second kappa shape index (κ2) is 8.17. The quantitative estimate of drug-likeness (QED) is 0.775. The predicted octanol–water partition coefficient (Wildman–Crippen LogP) is 3.72. The molecule has 28 heavy (non-hydrogen) atoms. The van der Waals surface area contributed by atoms with Crippen molar-refractivity contribution in [3.8, 4) is 5.75 Å². The van der Waals surface area contributed by atoms with Crippen molar-refractivity contribution in [2.24, 2.45) is 0 Å². The van der Waals surface area contributed by atoms with E-state index in [-0.39, 0.29) is 12.1 Å². The SMILES string of the molecule is COc1ccc(C2=C(C(=O)OC(C)C)C(c3ccccc3C)NC(=O)N2)cc1. The molecule has 2 aromatic rings. The molecule has 2 amide bonds. The van der Waals surface area contributed by atoms with Gasteiger partial charge in [0.05, 0.1) is 30.5 Å². The number of esters is 1. The summed E-state index contributed by atoms with van der Waals surface area (Å²) in [7, 11) is 1.58. The summed E-state index contributed by atoms with van der Waals surface area (Å²) in [6.07, 6.45) is -0.285. The highest BCUT2D eigenvalue weighted by Crippen LogP contribution is 2.34. The Morgan fingerprint density at radius 1 is 1.07 bits per heavy atom. The van der Waals surface area contributed by atoms with Crippen molar-refractivity contribution in [1.29, 1.82) is 0 Å². The van der Waals surface area contributed by atoms with Gasteiger partial charge in [0.15, 0.2) is 0 Å². The van der Waals surface area contributed by atoms with Crippen LogP contribution in [0.2, 0.25) is 0 Å². The summed E-state index contributed by atoms with van der Waals surface area (Å²) in [6, 6.07) is 13.8. The van der Waals surface area contributed by atoms with Crippen molar-refractivity contribution in [2.75, 3.05) is 7.11 Å². The Balaban J connectivity index is 2.18. The number of urea groups is 1. The van der Waals surface area contributed by atoms with Crippen molar-refractivity contribution in [1.82, 2.24) is 10.6 Å². The molecule has 6 heteroatoms. The Labute approximate surface area is 164 Å². The van der Waals surface area contributed by atoms with Crippen LogP contribution in [0.4, 0.5) is 4.79 Å². The molecule has 0 saturated carbocycles. The Morgan fingerprint density at radius 2 is 1.75 bits per heavy atom. The van der Waals surface area contributed by atoms with Crippen LogP contribution < -0.4 is 15.4 Å². The molecular weight excluding hydrogens is 356 g/mol. The van der Waals surface area contributed by atoms with Crippen LogP contribution >= 0.6 is 0 Å². The van der Waals surface area contributed by atoms with Crippen molar-refractivity contribution < 1.29 is 19.1 Å². The molecule has 0 bridgehead atoms. The largest absolute Gasteiger partial charge is 0.497 e. The average molecular weight is 380 g/mol. The number of rotatable bonds is 5.